The fraction of sp³-hybridized carbons (Fsp3) is 0.368. The highest BCUT2D eigenvalue weighted by Gasteiger charge is 2.39. The molecule has 1 aromatic carbocycles. The smallest absolute Gasteiger partial charge is 0.250 e. The minimum absolute atomic E-state index is 0.105. The number of nitrogens with zero attached hydrogens (tertiary/aromatic N) is 1. The van der Waals surface area contributed by atoms with E-state index >= 15 is 0 Å². The van der Waals surface area contributed by atoms with Crippen molar-refractivity contribution >= 4 is 14.6 Å². The van der Waals surface area contributed by atoms with E-state index in [9.17, 15) is 4.79 Å². The van der Waals surface area contributed by atoms with Crippen molar-refractivity contribution in [3.63, 3.8) is 0 Å². The lowest BCUT2D eigenvalue weighted by molar-refractivity contribution is -0.108. The zero-order valence-corrected chi connectivity index (χ0v) is 15.5. The first-order valence-electron chi connectivity index (χ1n) is 7.89. The van der Waals surface area contributed by atoms with Gasteiger partial charge in [-0.1, -0.05) is 39.0 Å². The first-order valence-corrected chi connectivity index (χ1v) is 10.8. The number of carbonyl (C=O) groups is 1. The van der Waals surface area contributed by atoms with E-state index in [-0.39, 0.29) is 11.0 Å². The van der Waals surface area contributed by atoms with Gasteiger partial charge in [0.25, 0.3) is 0 Å². The summed E-state index contributed by atoms with van der Waals surface area (Å²) in [5, 5.41) is 0.105. The molecule has 1 unspecified atom stereocenters. The molecule has 23 heavy (non-hydrogen) atoms. The summed E-state index contributed by atoms with van der Waals surface area (Å²) >= 11 is 0. The fourth-order valence-corrected chi connectivity index (χ4v) is 3.20. The molecule has 0 aliphatic rings. The van der Waals surface area contributed by atoms with Gasteiger partial charge in [-0.2, -0.15) is 0 Å². The molecular formula is C19H25NO2Si. The van der Waals surface area contributed by atoms with Crippen molar-refractivity contribution in [2.24, 2.45) is 0 Å². The van der Waals surface area contributed by atoms with Crippen molar-refractivity contribution in [2.45, 2.75) is 44.8 Å². The third-order valence-corrected chi connectivity index (χ3v) is 8.97. The minimum Gasteiger partial charge on any atom is -0.543 e. The maximum absolute atomic E-state index is 11.8. The van der Waals surface area contributed by atoms with E-state index in [2.05, 4.69) is 38.8 Å². The lowest BCUT2D eigenvalue weighted by Gasteiger charge is -2.37. The largest absolute Gasteiger partial charge is 0.543 e. The van der Waals surface area contributed by atoms with Gasteiger partial charge in [0.15, 0.2) is 0 Å². The van der Waals surface area contributed by atoms with Crippen LogP contribution in [0.4, 0.5) is 0 Å². The molecule has 0 fully saturated rings. The molecule has 1 atom stereocenters. The highest BCUT2D eigenvalue weighted by molar-refractivity contribution is 6.74. The molecule has 0 saturated heterocycles. The Morgan fingerprint density at radius 3 is 2.26 bits per heavy atom. The monoisotopic (exact) mass is 327 g/mol. The summed E-state index contributed by atoms with van der Waals surface area (Å²) in [7, 11) is -1.96. The molecule has 0 aliphatic carbocycles. The Hall–Kier alpha value is -1.94. The highest BCUT2D eigenvalue weighted by atomic mass is 28.4. The van der Waals surface area contributed by atoms with Crippen LogP contribution in [-0.2, 0) is 4.79 Å². The number of hydrogen-bond donors (Lipinski definition) is 0. The van der Waals surface area contributed by atoms with Gasteiger partial charge < -0.3 is 9.22 Å². The van der Waals surface area contributed by atoms with Crippen LogP contribution in [-0.4, -0.2) is 19.6 Å². The summed E-state index contributed by atoms with van der Waals surface area (Å²) < 4.78 is 6.47. The van der Waals surface area contributed by atoms with E-state index in [1.165, 1.54) is 0 Å². The van der Waals surface area contributed by atoms with Crippen LogP contribution in [0.5, 0.6) is 5.75 Å². The van der Waals surface area contributed by atoms with Crippen molar-refractivity contribution in [1.29, 1.82) is 0 Å². The van der Waals surface area contributed by atoms with E-state index in [1.807, 2.05) is 36.4 Å². The normalized spacial score (nSPS) is 13.4. The van der Waals surface area contributed by atoms with E-state index < -0.39 is 8.32 Å². The van der Waals surface area contributed by atoms with Gasteiger partial charge in [0.1, 0.15) is 12.0 Å². The molecule has 0 saturated carbocycles. The van der Waals surface area contributed by atoms with Crippen LogP contribution in [0.15, 0.2) is 48.8 Å². The number of pyridine rings is 1. The summed E-state index contributed by atoms with van der Waals surface area (Å²) in [6.07, 6.45) is 4.40. The van der Waals surface area contributed by atoms with Crippen molar-refractivity contribution in [3.8, 4) is 5.75 Å². The Kier molecular flexibility index (Phi) is 5.05. The highest BCUT2D eigenvalue weighted by Crippen LogP contribution is 2.39. The van der Waals surface area contributed by atoms with Gasteiger partial charge in [-0.15, -0.1) is 0 Å². The molecule has 0 bridgehead atoms. The second kappa shape index (κ2) is 6.67. The lowest BCUT2D eigenvalue weighted by Crippen LogP contribution is -2.44. The third-order valence-electron chi connectivity index (χ3n) is 4.63. The first kappa shape index (κ1) is 17.4. The number of aromatic nitrogens is 1. The Bertz CT molecular complexity index is 663. The summed E-state index contributed by atoms with van der Waals surface area (Å²) in [5.74, 6) is 0.479. The van der Waals surface area contributed by atoms with E-state index in [0.717, 1.165) is 23.2 Å². The summed E-state index contributed by atoms with van der Waals surface area (Å²) in [4.78, 5) is 15.8. The summed E-state index contributed by atoms with van der Waals surface area (Å²) in [6, 6.07) is 11.6. The summed E-state index contributed by atoms with van der Waals surface area (Å²) in [5.41, 5.74) is 1.85. The van der Waals surface area contributed by atoms with E-state index in [4.69, 9.17) is 4.43 Å². The van der Waals surface area contributed by atoms with Crippen LogP contribution >= 0.6 is 0 Å². The van der Waals surface area contributed by atoms with Gasteiger partial charge in [0, 0.05) is 18.0 Å². The molecule has 122 valence electrons. The van der Waals surface area contributed by atoms with Crippen molar-refractivity contribution < 1.29 is 9.22 Å². The van der Waals surface area contributed by atoms with Crippen molar-refractivity contribution in [3.05, 3.63) is 59.9 Å². The van der Waals surface area contributed by atoms with Crippen LogP contribution in [0.3, 0.4) is 0 Å². The molecule has 3 nitrogen and oxygen atoms in total. The molecule has 0 N–H and O–H groups in total. The van der Waals surface area contributed by atoms with Gasteiger partial charge in [0.05, 0.1) is 5.92 Å². The van der Waals surface area contributed by atoms with Crippen molar-refractivity contribution in [2.75, 3.05) is 0 Å². The molecule has 0 aliphatic heterocycles. The van der Waals surface area contributed by atoms with E-state index in [0.29, 0.717) is 0 Å². The standard InChI is InChI=1S/C19H25NO2Si/c1-19(2,3)23(4,5)22-18-9-7-6-8-16(18)17(14-21)15-10-12-20-13-11-15/h6-14,17H,1-5H3. The zero-order chi connectivity index (χ0) is 17.1. The Morgan fingerprint density at radius 1 is 1.09 bits per heavy atom. The average molecular weight is 328 g/mol. The molecule has 4 heteroatoms. The Balaban J connectivity index is 2.43. The van der Waals surface area contributed by atoms with Crippen molar-refractivity contribution in [1.82, 2.24) is 4.98 Å². The molecule has 0 radical (unpaired) electrons. The molecule has 2 rings (SSSR count). The van der Waals surface area contributed by atoms with E-state index in [1.54, 1.807) is 12.4 Å². The molecular weight excluding hydrogens is 302 g/mol. The second-order valence-corrected chi connectivity index (χ2v) is 12.0. The van der Waals surface area contributed by atoms with Gasteiger partial charge in [-0.3, -0.25) is 4.98 Å². The summed E-state index contributed by atoms with van der Waals surface area (Å²) in [6.45, 7) is 11.1. The molecule has 0 amide bonds. The molecule has 1 heterocycles. The van der Waals surface area contributed by atoms with Gasteiger partial charge in [0.2, 0.25) is 8.32 Å². The lowest BCUT2D eigenvalue weighted by atomic mass is 9.93. The number of aldehydes is 1. The van der Waals surface area contributed by atoms with Crippen LogP contribution in [0.25, 0.3) is 0 Å². The molecule has 0 spiro atoms. The Morgan fingerprint density at radius 2 is 1.70 bits per heavy atom. The SMILES string of the molecule is CC(C)(C)[Si](C)(C)Oc1ccccc1C(C=O)c1ccncc1. The van der Waals surface area contributed by atoms with Gasteiger partial charge in [-0.25, -0.2) is 0 Å². The predicted molar refractivity (Wildman–Crippen MR) is 96.4 cm³/mol. The second-order valence-electron chi connectivity index (χ2n) is 7.29. The molecule has 2 aromatic rings. The fourth-order valence-electron chi connectivity index (χ4n) is 2.16. The quantitative estimate of drug-likeness (QED) is 0.585. The van der Waals surface area contributed by atoms with Crippen LogP contribution in [0.1, 0.15) is 37.8 Å². The van der Waals surface area contributed by atoms with Gasteiger partial charge in [-0.05, 0) is 41.9 Å². The average Bonchev–Trinajstić information content (AvgIpc) is 2.49. The number of carbonyl (C=O) groups excluding carboxylic acids is 1. The topological polar surface area (TPSA) is 39.2 Å². The number of benzene rings is 1. The van der Waals surface area contributed by atoms with Gasteiger partial charge >= 0.3 is 0 Å². The van der Waals surface area contributed by atoms with Crippen LogP contribution < -0.4 is 4.43 Å². The zero-order valence-electron chi connectivity index (χ0n) is 14.5. The minimum atomic E-state index is -1.96. The maximum atomic E-state index is 11.8. The van der Waals surface area contributed by atoms with Crippen LogP contribution in [0.2, 0.25) is 18.1 Å². The number of rotatable bonds is 5. The maximum Gasteiger partial charge on any atom is 0.250 e. The van der Waals surface area contributed by atoms with Crippen LogP contribution in [0, 0.1) is 0 Å². The third kappa shape index (κ3) is 3.88. The number of hydrogen-bond acceptors (Lipinski definition) is 3. The molecule has 1 aromatic heterocycles. The number of para-hydroxylation sites is 1. The first-order chi connectivity index (χ1) is 10.8. The Labute approximate surface area is 139 Å². The predicted octanol–water partition coefficient (Wildman–Crippen LogP) is 4.80.